The molecule has 4 rings (SSSR count). The van der Waals surface area contributed by atoms with Crippen LogP contribution in [0.4, 0.5) is 0 Å². The van der Waals surface area contributed by atoms with Gasteiger partial charge in [0.1, 0.15) is 0 Å². The van der Waals surface area contributed by atoms with Crippen LogP contribution in [0.3, 0.4) is 0 Å². The van der Waals surface area contributed by atoms with Gasteiger partial charge in [-0.1, -0.05) is 36.4 Å². The van der Waals surface area contributed by atoms with Gasteiger partial charge in [0, 0.05) is 12.0 Å². The Morgan fingerprint density at radius 3 is 2.82 bits per heavy atom. The summed E-state index contributed by atoms with van der Waals surface area (Å²) in [6, 6.07) is 13.7. The quantitative estimate of drug-likeness (QED) is 0.843. The van der Waals surface area contributed by atoms with Crippen LogP contribution in [0.5, 0.6) is 0 Å². The van der Waals surface area contributed by atoms with Crippen molar-refractivity contribution < 1.29 is 9.59 Å². The molecular formula is C19H15NO2. The minimum absolute atomic E-state index is 0.106. The number of rotatable bonds is 2. The van der Waals surface area contributed by atoms with E-state index in [-0.39, 0.29) is 17.6 Å². The first-order chi connectivity index (χ1) is 10.7. The molecule has 0 saturated carbocycles. The van der Waals surface area contributed by atoms with E-state index in [1.165, 1.54) is 0 Å². The maximum atomic E-state index is 12.2. The normalized spacial score (nSPS) is 19.2. The number of para-hydroxylation sites is 1. The molecule has 1 heterocycles. The molecule has 1 amide bonds. The Bertz CT molecular complexity index is 911. The van der Waals surface area contributed by atoms with E-state index in [0.717, 1.165) is 33.7 Å². The molecule has 108 valence electrons. The van der Waals surface area contributed by atoms with Crippen LogP contribution in [-0.4, -0.2) is 11.7 Å². The van der Waals surface area contributed by atoms with E-state index in [4.69, 9.17) is 0 Å². The van der Waals surface area contributed by atoms with Crippen molar-refractivity contribution in [2.45, 2.75) is 19.3 Å². The van der Waals surface area contributed by atoms with Crippen LogP contribution in [0.15, 0.2) is 47.5 Å². The van der Waals surface area contributed by atoms with E-state index in [0.29, 0.717) is 12.8 Å². The Kier molecular flexibility index (Phi) is 3.00. The van der Waals surface area contributed by atoms with Crippen molar-refractivity contribution in [1.82, 2.24) is 0 Å². The SMILES string of the molecule is O=C1CCc2ccc(CC3C=c4ccccc4=NC3=O)cc21. The number of benzene rings is 2. The molecule has 0 saturated heterocycles. The van der Waals surface area contributed by atoms with Crippen LogP contribution in [0, 0.1) is 5.92 Å². The molecule has 0 spiro atoms. The highest BCUT2D eigenvalue weighted by atomic mass is 16.1. The molecular weight excluding hydrogens is 274 g/mol. The topological polar surface area (TPSA) is 46.5 Å². The van der Waals surface area contributed by atoms with Gasteiger partial charge < -0.3 is 0 Å². The van der Waals surface area contributed by atoms with Crippen LogP contribution in [0.1, 0.15) is 27.9 Å². The minimum atomic E-state index is -0.246. The Labute approximate surface area is 128 Å². The number of ketones is 1. The summed E-state index contributed by atoms with van der Waals surface area (Å²) in [4.78, 5) is 28.2. The predicted molar refractivity (Wildman–Crippen MR) is 83.0 cm³/mol. The van der Waals surface area contributed by atoms with Crippen LogP contribution in [0.2, 0.25) is 0 Å². The minimum Gasteiger partial charge on any atom is -0.294 e. The second kappa shape index (κ2) is 5.02. The fourth-order valence-electron chi connectivity index (χ4n) is 3.23. The van der Waals surface area contributed by atoms with E-state index in [2.05, 4.69) is 4.99 Å². The number of amides is 1. The van der Waals surface area contributed by atoms with Crippen molar-refractivity contribution in [3.8, 4) is 0 Å². The number of hydrogen-bond donors (Lipinski definition) is 0. The number of hydrogen-bond acceptors (Lipinski definition) is 2. The Hall–Kier alpha value is -2.55. The molecule has 1 aliphatic carbocycles. The van der Waals surface area contributed by atoms with E-state index < -0.39 is 0 Å². The number of Topliss-reactive ketones (excluding diaryl/α,β-unsaturated/α-hetero) is 1. The Morgan fingerprint density at radius 2 is 1.91 bits per heavy atom. The molecule has 0 aromatic heterocycles. The van der Waals surface area contributed by atoms with E-state index in [1.54, 1.807) is 0 Å². The molecule has 3 heteroatoms. The summed E-state index contributed by atoms with van der Waals surface area (Å²) in [5, 5.41) is 1.75. The molecule has 1 atom stereocenters. The van der Waals surface area contributed by atoms with Crippen molar-refractivity contribution in [3.63, 3.8) is 0 Å². The van der Waals surface area contributed by atoms with E-state index in [9.17, 15) is 9.59 Å². The lowest BCUT2D eigenvalue weighted by Gasteiger charge is -2.13. The first-order valence-corrected chi connectivity index (χ1v) is 7.55. The highest BCUT2D eigenvalue weighted by Gasteiger charge is 2.22. The van der Waals surface area contributed by atoms with Gasteiger partial charge in [-0.2, -0.15) is 0 Å². The van der Waals surface area contributed by atoms with Crippen molar-refractivity contribution in [1.29, 1.82) is 0 Å². The van der Waals surface area contributed by atoms with Gasteiger partial charge in [-0.05, 0) is 41.3 Å². The summed E-state index contributed by atoms with van der Waals surface area (Å²) < 4.78 is 0. The molecule has 1 aliphatic heterocycles. The zero-order chi connectivity index (χ0) is 15.1. The first kappa shape index (κ1) is 13.1. The second-order valence-corrected chi connectivity index (χ2v) is 5.90. The average Bonchev–Trinajstić information content (AvgIpc) is 2.89. The van der Waals surface area contributed by atoms with Gasteiger partial charge >= 0.3 is 0 Å². The highest BCUT2D eigenvalue weighted by Crippen LogP contribution is 2.24. The van der Waals surface area contributed by atoms with Crippen molar-refractivity contribution in [2.75, 3.05) is 0 Å². The predicted octanol–water partition coefficient (Wildman–Crippen LogP) is 1.61. The lowest BCUT2D eigenvalue weighted by molar-refractivity contribution is -0.120. The molecule has 2 aliphatic rings. The zero-order valence-corrected chi connectivity index (χ0v) is 12.1. The van der Waals surface area contributed by atoms with E-state index in [1.807, 2.05) is 48.5 Å². The third-order valence-electron chi connectivity index (χ3n) is 4.42. The summed E-state index contributed by atoms with van der Waals surface area (Å²) in [6.45, 7) is 0. The molecule has 0 fully saturated rings. The van der Waals surface area contributed by atoms with Crippen LogP contribution in [-0.2, 0) is 17.6 Å². The van der Waals surface area contributed by atoms with Crippen molar-refractivity contribution in [3.05, 3.63) is 69.7 Å². The second-order valence-electron chi connectivity index (χ2n) is 5.90. The van der Waals surface area contributed by atoms with Gasteiger partial charge in [0.2, 0.25) is 0 Å². The fourth-order valence-corrected chi connectivity index (χ4v) is 3.23. The third kappa shape index (κ3) is 2.19. The van der Waals surface area contributed by atoms with Crippen LogP contribution >= 0.6 is 0 Å². The maximum absolute atomic E-state index is 12.2. The standard InChI is InChI=1S/C19H15NO2/c21-18-8-7-13-6-5-12(10-16(13)18)9-15-11-14-3-1-2-4-17(14)20-19(15)22/h1-6,10-11,15H,7-9H2. The van der Waals surface area contributed by atoms with Gasteiger partial charge in [-0.25, -0.2) is 4.99 Å². The summed E-state index contributed by atoms with van der Waals surface area (Å²) in [5.74, 6) is -0.138. The number of fused-ring (bicyclic) bond motifs is 2. The van der Waals surface area contributed by atoms with Gasteiger partial charge in [0.05, 0.1) is 11.3 Å². The third-order valence-corrected chi connectivity index (χ3v) is 4.42. The Balaban J connectivity index is 1.67. The largest absolute Gasteiger partial charge is 0.294 e. The van der Waals surface area contributed by atoms with Gasteiger partial charge in [0.25, 0.3) is 5.91 Å². The van der Waals surface area contributed by atoms with Gasteiger partial charge in [-0.3, -0.25) is 9.59 Å². The smallest absolute Gasteiger partial charge is 0.253 e. The fraction of sp³-hybridized carbons (Fsp3) is 0.211. The molecule has 0 bridgehead atoms. The van der Waals surface area contributed by atoms with E-state index >= 15 is 0 Å². The number of carbonyl (C=O) groups is 2. The molecule has 3 nitrogen and oxygen atoms in total. The number of aryl methyl sites for hydroxylation is 1. The van der Waals surface area contributed by atoms with Crippen molar-refractivity contribution >= 4 is 17.8 Å². The lowest BCUT2D eigenvalue weighted by Crippen LogP contribution is -2.34. The number of carbonyl (C=O) groups excluding carboxylic acids is 2. The van der Waals surface area contributed by atoms with Gasteiger partial charge in [0.15, 0.2) is 5.78 Å². The lowest BCUT2D eigenvalue weighted by atomic mass is 9.94. The zero-order valence-electron chi connectivity index (χ0n) is 12.1. The average molecular weight is 289 g/mol. The van der Waals surface area contributed by atoms with Crippen molar-refractivity contribution in [2.24, 2.45) is 10.9 Å². The van der Waals surface area contributed by atoms with Gasteiger partial charge in [-0.15, -0.1) is 0 Å². The Morgan fingerprint density at radius 1 is 1.05 bits per heavy atom. The number of nitrogens with zero attached hydrogens (tertiary/aromatic N) is 1. The summed E-state index contributed by atoms with van der Waals surface area (Å²) in [6.07, 6.45) is 4.03. The monoisotopic (exact) mass is 289 g/mol. The highest BCUT2D eigenvalue weighted by molar-refractivity contribution is 6.00. The first-order valence-electron chi connectivity index (χ1n) is 7.55. The molecule has 22 heavy (non-hydrogen) atoms. The molecule has 2 aromatic carbocycles. The molecule has 0 radical (unpaired) electrons. The summed E-state index contributed by atoms with van der Waals surface area (Å²) >= 11 is 0. The molecule has 1 unspecified atom stereocenters. The van der Waals surface area contributed by atoms with Crippen LogP contribution < -0.4 is 10.6 Å². The summed E-state index contributed by atoms with van der Waals surface area (Å²) in [5.41, 5.74) is 2.99. The molecule has 2 aromatic rings. The van der Waals surface area contributed by atoms with Crippen LogP contribution in [0.25, 0.3) is 6.08 Å². The molecule has 0 N–H and O–H groups in total. The maximum Gasteiger partial charge on any atom is 0.253 e. The summed E-state index contributed by atoms with van der Waals surface area (Å²) in [7, 11) is 0.